The number of carbonyl (C=O) groups excluding carboxylic acids is 1. The molecule has 0 unspecified atom stereocenters. The second-order valence-electron chi connectivity index (χ2n) is 7.43. The summed E-state index contributed by atoms with van der Waals surface area (Å²) in [5, 5.41) is 2.95. The average molecular weight is 391 g/mol. The van der Waals surface area contributed by atoms with E-state index in [4.69, 9.17) is 4.74 Å². The van der Waals surface area contributed by atoms with Gasteiger partial charge in [0.2, 0.25) is 5.91 Å². The topological polar surface area (TPSA) is 64.1 Å². The number of halogens is 1. The van der Waals surface area contributed by atoms with Crippen molar-refractivity contribution < 1.29 is 13.9 Å². The molecule has 1 aromatic heterocycles. The number of carbonyl (C=O) groups is 1. The van der Waals surface area contributed by atoms with Crippen LogP contribution in [0.25, 0.3) is 0 Å². The van der Waals surface area contributed by atoms with Crippen LogP contribution in [0.1, 0.15) is 23.5 Å². The quantitative estimate of drug-likeness (QED) is 0.684. The van der Waals surface area contributed by atoms with Gasteiger partial charge in [-0.3, -0.25) is 4.79 Å². The van der Waals surface area contributed by atoms with E-state index in [0.29, 0.717) is 18.0 Å². The van der Waals surface area contributed by atoms with Crippen LogP contribution >= 0.6 is 0 Å². The average Bonchev–Trinajstić information content (AvgIpc) is 3.44. The van der Waals surface area contributed by atoms with Gasteiger partial charge < -0.3 is 10.1 Å². The number of nitrogens with one attached hydrogen (secondary N) is 1. The molecular weight excluding hydrogens is 369 g/mol. The van der Waals surface area contributed by atoms with Gasteiger partial charge >= 0.3 is 0 Å². The third-order valence-corrected chi connectivity index (χ3v) is 5.37. The van der Waals surface area contributed by atoms with Crippen LogP contribution in [0.4, 0.5) is 10.1 Å². The zero-order valence-corrected chi connectivity index (χ0v) is 16.4. The van der Waals surface area contributed by atoms with Gasteiger partial charge in [-0.25, -0.2) is 14.4 Å². The maximum absolute atomic E-state index is 13.9. The van der Waals surface area contributed by atoms with Crippen LogP contribution in [-0.4, -0.2) is 22.5 Å². The summed E-state index contributed by atoms with van der Waals surface area (Å²) >= 11 is 0. The minimum absolute atomic E-state index is 0.0964. The number of para-hydroxylation sites is 1. The lowest BCUT2D eigenvalue weighted by Crippen LogP contribution is -2.27. The number of anilines is 1. The van der Waals surface area contributed by atoms with E-state index >= 15 is 0 Å². The smallest absolute Gasteiger partial charge is 0.228 e. The molecule has 148 valence electrons. The molecule has 3 aromatic rings. The van der Waals surface area contributed by atoms with Gasteiger partial charge in [-0.05, 0) is 50.1 Å². The number of aromatic nitrogens is 2. The van der Waals surface area contributed by atoms with E-state index in [0.717, 1.165) is 16.9 Å². The van der Waals surface area contributed by atoms with E-state index in [1.807, 2.05) is 50.2 Å². The summed E-state index contributed by atoms with van der Waals surface area (Å²) in [5.41, 5.74) is 1.65. The van der Waals surface area contributed by atoms with E-state index in [9.17, 15) is 9.18 Å². The Labute approximate surface area is 169 Å². The van der Waals surface area contributed by atoms with Crippen molar-refractivity contribution in [3.63, 3.8) is 0 Å². The molecule has 1 amide bonds. The first-order chi connectivity index (χ1) is 14.0. The molecule has 4 rings (SSSR count). The fourth-order valence-corrected chi connectivity index (χ4v) is 3.68. The van der Waals surface area contributed by atoms with Crippen LogP contribution in [0.15, 0.2) is 60.8 Å². The highest BCUT2D eigenvalue weighted by Gasteiger charge is 2.60. The molecule has 6 heteroatoms. The zero-order valence-electron chi connectivity index (χ0n) is 16.4. The Hall–Kier alpha value is -3.28. The number of benzene rings is 2. The Kier molecular flexibility index (Phi) is 5.01. The second kappa shape index (κ2) is 7.62. The van der Waals surface area contributed by atoms with Crippen LogP contribution in [0, 0.1) is 25.6 Å². The number of amides is 1. The molecule has 0 bridgehead atoms. The van der Waals surface area contributed by atoms with Gasteiger partial charge in [0.05, 0.1) is 24.4 Å². The highest BCUT2D eigenvalue weighted by atomic mass is 19.1. The van der Waals surface area contributed by atoms with Gasteiger partial charge in [-0.1, -0.05) is 30.3 Å². The molecule has 1 N–H and O–H groups in total. The standard InChI is InChI=1S/C23H22FN3O2/c1-15-21(13-25-16(2)26-15)29-14-23(17-7-6-8-18(24)11-17)12-20(23)22(28)27-19-9-4-3-5-10-19/h3-11,13,20H,12,14H2,1-2H3,(H,27,28)/t20-,23+/m0/s1. The van der Waals surface area contributed by atoms with Crippen molar-refractivity contribution in [2.45, 2.75) is 25.7 Å². The summed E-state index contributed by atoms with van der Waals surface area (Å²) in [6, 6.07) is 15.7. The molecule has 1 fully saturated rings. The first-order valence-corrected chi connectivity index (χ1v) is 9.53. The minimum Gasteiger partial charge on any atom is -0.489 e. The third-order valence-electron chi connectivity index (χ3n) is 5.37. The molecule has 1 aliphatic rings. The van der Waals surface area contributed by atoms with E-state index in [1.165, 1.54) is 12.1 Å². The fourth-order valence-electron chi connectivity index (χ4n) is 3.68. The van der Waals surface area contributed by atoms with Gasteiger partial charge in [0.15, 0.2) is 5.75 Å². The molecule has 1 heterocycles. The number of hydrogen-bond donors (Lipinski definition) is 1. The molecule has 0 spiro atoms. The van der Waals surface area contributed by atoms with Gasteiger partial charge in [0.25, 0.3) is 0 Å². The maximum Gasteiger partial charge on any atom is 0.228 e. The SMILES string of the molecule is Cc1ncc(OC[C@@]2(c3cccc(F)c3)C[C@H]2C(=O)Nc2ccccc2)c(C)n1. The van der Waals surface area contributed by atoms with Crippen molar-refractivity contribution >= 4 is 11.6 Å². The number of aryl methyl sites for hydroxylation is 2. The Balaban J connectivity index is 1.57. The molecule has 5 nitrogen and oxygen atoms in total. The van der Waals surface area contributed by atoms with E-state index in [1.54, 1.807) is 12.3 Å². The first kappa shape index (κ1) is 19.1. The summed E-state index contributed by atoms with van der Waals surface area (Å²) in [6.45, 7) is 3.91. The van der Waals surface area contributed by atoms with Crippen molar-refractivity contribution in [2.75, 3.05) is 11.9 Å². The van der Waals surface area contributed by atoms with Crippen molar-refractivity contribution in [1.82, 2.24) is 9.97 Å². The molecule has 0 aliphatic heterocycles. The van der Waals surface area contributed by atoms with Crippen molar-refractivity contribution in [3.8, 4) is 5.75 Å². The Morgan fingerprint density at radius 2 is 2.00 bits per heavy atom. The van der Waals surface area contributed by atoms with E-state index in [2.05, 4.69) is 15.3 Å². The summed E-state index contributed by atoms with van der Waals surface area (Å²) in [6.07, 6.45) is 2.22. The predicted molar refractivity (Wildman–Crippen MR) is 108 cm³/mol. The summed E-state index contributed by atoms with van der Waals surface area (Å²) in [7, 11) is 0. The van der Waals surface area contributed by atoms with Gasteiger partial charge in [0, 0.05) is 11.1 Å². The summed E-state index contributed by atoms with van der Waals surface area (Å²) < 4.78 is 19.9. The molecule has 2 aromatic carbocycles. The largest absolute Gasteiger partial charge is 0.489 e. The number of nitrogens with zero attached hydrogens (tertiary/aromatic N) is 2. The molecule has 1 saturated carbocycles. The van der Waals surface area contributed by atoms with Crippen LogP contribution in [0.3, 0.4) is 0 Å². The monoisotopic (exact) mass is 391 g/mol. The molecule has 1 aliphatic carbocycles. The third kappa shape index (κ3) is 3.97. The summed E-state index contributed by atoms with van der Waals surface area (Å²) in [5.74, 6) is 0.504. The van der Waals surface area contributed by atoms with Gasteiger partial charge in [-0.15, -0.1) is 0 Å². The van der Waals surface area contributed by atoms with Crippen LogP contribution in [0.2, 0.25) is 0 Å². The Morgan fingerprint density at radius 3 is 2.72 bits per heavy atom. The van der Waals surface area contributed by atoms with Crippen LogP contribution in [-0.2, 0) is 10.2 Å². The lowest BCUT2D eigenvalue weighted by atomic mass is 9.93. The molecule has 0 saturated heterocycles. The molecule has 2 atom stereocenters. The minimum atomic E-state index is -0.585. The van der Waals surface area contributed by atoms with Crippen molar-refractivity contribution in [2.24, 2.45) is 5.92 Å². The second-order valence-corrected chi connectivity index (χ2v) is 7.43. The van der Waals surface area contributed by atoms with Crippen molar-refractivity contribution in [1.29, 1.82) is 0 Å². The number of rotatable bonds is 6. The van der Waals surface area contributed by atoms with Gasteiger partial charge in [0.1, 0.15) is 11.6 Å². The highest BCUT2D eigenvalue weighted by molar-refractivity contribution is 5.96. The maximum atomic E-state index is 13.9. The highest BCUT2D eigenvalue weighted by Crippen LogP contribution is 2.55. The van der Waals surface area contributed by atoms with E-state index in [-0.39, 0.29) is 24.2 Å². The number of ether oxygens (including phenoxy) is 1. The van der Waals surface area contributed by atoms with Crippen molar-refractivity contribution in [3.05, 3.63) is 83.7 Å². The Morgan fingerprint density at radius 1 is 1.21 bits per heavy atom. The lowest BCUT2D eigenvalue weighted by Gasteiger charge is -2.20. The lowest BCUT2D eigenvalue weighted by molar-refractivity contribution is -0.117. The van der Waals surface area contributed by atoms with E-state index < -0.39 is 5.41 Å². The number of hydrogen-bond acceptors (Lipinski definition) is 4. The van der Waals surface area contributed by atoms with Crippen LogP contribution < -0.4 is 10.1 Å². The first-order valence-electron chi connectivity index (χ1n) is 9.53. The molecule has 0 radical (unpaired) electrons. The zero-order chi connectivity index (χ0) is 20.4. The Bertz CT molecular complexity index is 1040. The summed E-state index contributed by atoms with van der Waals surface area (Å²) in [4.78, 5) is 21.4. The normalized spacial score (nSPS) is 20.2. The van der Waals surface area contributed by atoms with Crippen LogP contribution in [0.5, 0.6) is 5.75 Å². The molecule has 29 heavy (non-hydrogen) atoms. The fraction of sp³-hybridized carbons (Fsp3) is 0.261. The van der Waals surface area contributed by atoms with Gasteiger partial charge in [-0.2, -0.15) is 0 Å². The predicted octanol–water partition coefficient (Wildman–Crippen LogP) is 4.21. The molecular formula is C23H22FN3O2.